The predicted molar refractivity (Wildman–Crippen MR) is 108 cm³/mol. The van der Waals surface area contributed by atoms with Crippen LogP contribution in [0.15, 0.2) is 42.7 Å². The van der Waals surface area contributed by atoms with Gasteiger partial charge in [-0.2, -0.15) is 0 Å². The van der Waals surface area contributed by atoms with Crippen LogP contribution in [0, 0.1) is 0 Å². The summed E-state index contributed by atoms with van der Waals surface area (Å²) in [5, 5.41) is 0. The van der Waals surface area contributed by atoms with Crippen molar-refractivity contribution < 1.29 is 4.79 Å². The SMILES string of the molecule is CC(C)c1ncc(C(=O)N(CCc2ccccc2)C2CCN(C)CC2)cn1. The lowest BCUT2D eigenvalue weighted by Gasteiger charge is -2.37. The normalized spacial score (nSPS) is 15.9. The highest BCUT2D eigenvalue weighted by Gasteiger charge is 2.28. The quantitative estimate of drug-likeness (QED) is 0.786. The van der Waals surface area contributed by atoms with Gasteiger partial charge in [-0.3, -0.25) is 4.79 Å². The van der Waals surface area contributed by atoms with Crippen molar-refractivity contribution in [3.63, 3.8) is 0 Å². The van der Waals surface area contributed by atoms with E-state index in [1.807, 2.05) is 11.0 Å². The minimum absolute atomic E-state index is 0.0517. The summed E-state index contributed by atoms with van der Waals surface area (Å²) in [7, 11) is 2.14. The molecule has 27 heavy (non-hydrogen) atoms. The van der Waals surface area contributed by atoms with Crippen molar-refractivity contribution in [3.05, 3.63) is 59.7 Å². The highest BCUT2D eigenvalue weighted by molar-refractivity contribution is 5.93. The van der Waals surface area contributed by atoms with Crippen molar-refractivity contribution in [3.8, 4) is 0 Å². The summed E-state index contributed by atoms with van der Waals surface area (Å²) < 4.78 is 0. The third-order valence-electron chi connectivity index (χ3n) is 5.31. The molecule has 1 fully saturated rings. The van der Waals surface area contributed by atoms with Crippen LogP contribution in [0.4, 0.5) is 0 Å². The summed E-state index contributed by atoms with van der Waals surface area (Å²) in [4.78, 5) is 26.4. The molecule has 5 nitrogen and oxygen atoms in total. The smallest absolute Gasteiger partial charge is 0.257 e. The van der Waals surface area contributed by atoms with Gasteiger partial charge in [0.05, 0.1) is 5.56 Å². The Bertz CT molecular complexity index is 722. The van der Waals surface area contributed by atoms with Gasteiger partial charge in [0.1, 0.15) is 5.82 Å². The second kappa shape index (κ2) is 9.09. The molecule has 1 amide bonds. The van der Waals surface area contributed by atoms with Gasteiger partial charge < -0.3 is 9.80 Å². The molecule has 3 rings (SSSR count). The largest absolute Gasteiger partial charge is 0.335 e. The van der Waals surface area contributed by atoms with Gasteiger partial charge in [0.15, 0.2) is 0 Å². The van der Waals surface area contributed by atoms with E-state index < -0.39 is 0 Å². The molecule has 5 heteroatoms. The number of likely N-dealkylation sites (tertiary alicyclic amines) is 1. The predicted octanol–water partition coefficient (Wildman–Crippen LogP) is 3.38. The number of aromatic nitrogens is 2. The molecule has 0 aliphatic carbocycles. The number of piperidine rings is 1. The van der Waals surface area contributed by atoms with Gasteiger partial charge in [-0.05, 0) is 45.0 Å². The molecular formula is C22H30N4O. The molecule has 0 unspecified atom stereocenters. The van der Waals surface area contributed by atoms with E-state index in [1.54, 1.807) is 12.4 Å². The third-order valence-corrected chi connectivity index (χ3v) is 5.31. The van der Waals surface area contributed by atoms with Crippen LogP contribution >= 0.6 is 0 Å². The maximum atomic E-state index is 13.3. The number of rotatable bonds is 6. The van der Waals surface area contributed by atoms with Crippen LogP contribution in [0.5, 0.6) is 0 Å². The van der Waals surface area contributed by atoms with Crippen LogP contribution in [0.2, 0.25) is 0 Å². The van der Waals surface area contributed by atoms with Gasteiger partial charge >= 0.3 is 0 Å². The van der Waals surface area contributed by atoms with Crippen molar-refractivity contribution in [2.75, 3.05) is 26.7 Å². The van der Waals surface area contributed by atoms with Crippen LogP contribution < -0.4 is 0 Å². The molecule has 0 saturated carbocycles. The lowest BCUT2D eigenvalue weighted by Crippen LogP contribution is -2.47. The molecule has 2 heterocycles. The lowest BCUT2D eigenvalue weighted by molar-refractivity contribution is 0.0593. The molecule has 0 N–H and O–H groups in total. The first-order chi connectivity index (χ1) is 13.0. The van der Waals surface area contributed by atoms with Crippen LogP contribution in [-0.4, -0.2) is 58.4 Å². The van der Waals surface area contributed by atoms with Gasteiger partial charge in [0, 0.05) is 30.9 Å². The van der Waals surface area contributed by atoms with Crippen LogP contribution in [0.25, 0.3) is 0 Å². The Morgan fingerprint density at radius 2 is 1.78 bits per heavy atom. The molecule has 1 aliphatic heterocycles. The van der Waals surface area contributed by atoms with Gasteiger partial charge in [0.2, 0.25) is 0 Å². The summed E-state index contributed by atoms with van der Waals surface area (Å²) in [6.07, 6.45) is 6.28. The Morgan fingerprint density at radius 1 is 1.15 bits per heavy atom. The second-order valence-electron chi connectivity index (χ2n) is 7.75. The Kier molecular flexibility index (Phi) is 6.56. The fourth-order valence-corrected chi connectivity index (χ4v) is 3.56. The molecule has 0 spiro atoms. The fraction of sp³-hybridized carbons (Fsp3) is 0.500. The average molecular weight is 367 g/mol. The van der Waals surface area contributed by atoms with Crippen molar-refractivity contribution in [1.82, 2.24) is 19.8 Å². The summed E-state index contributed by atoms with van der Waals surface area (Å²) in [6.45, 7) is 6.90. The van der Waals surface area contributed by atoms with Crippen LogP contribution in [0.1, 0.15) is 54.4 Å². The van der Waals surface area contributed by atoms with Gasteiger partial charge in [-0.15, -0.1) is 0 Å². The number of nitrogens with zero attached hydrogens (tertiary/aromatic N) is 4. The first kappa shape index (κ1) is 19.5. The number of carbonyl (C=O) groups excluding carboxylic acids is 1. The van der Waals surface area contributed by atoms with Crippen LogP contribution in [0.3, 0.4) is 0 Å². The monoisotopic (exact) mass is 366 g/mol. The minimum atomic E-state index is 0.0517. The Morgan fingerprint density at radius 3 is 2.37 bits per heavy atom. The number of carbonyl (C=O) groups is 1. The zero-order valence-electron chi connectivity index (χ0n) is 16.6. The first-order valence-corrected chi connectivity index (χ1v) is 9.90. The van der Waals surface area contributed by atoms with E-state index >= 15 is 0 Å². The molecule has 1 aliphatic rings. The average Bonchev–Trinajstić information content (AvgIpc) is 2.70. The molecule has 2 aromatic rings. The highest BCUT2D eigenvalue weighted by atomic mass is 16.2. The maximum Gasteiger partial charge on any atom is 0.257 e. The highest BCUT2D eigenvalue weighted by Crippen LogP contribution is 2.19. The molecule has 144 valence electrons. The third kappa shape index (κ3) is 5.13. The Hall–Kier alpha value is -2.27. The minimum Gasteiger partial charge on any atom is -0.335 e. The summed E-state index contributed by atoms with van der Waals surface area (Å²) in [5.74, 6) is 1.09. The molecule has 0 atom stereocenters. The zero-order valence-corrected chi connectivity index (χ0v) is 16.6. The number of hydrogen-bond donors (Lipinski definition) is 0. The van der Waals surface area contributed by atoms with E-state index in [4.69, 9.17) is 0 Å². The molecular weight excluding hydrogens is 336 g/mol. The maximum absolute atomic E-state index is 13.3. The molecule has 0 radical (unpaired) electrons. The van der Waals surface area contributed by atoms with Gasteiger partial charge in [-0.25, -0.2) is 9.97 Å². The summed E-state index contributed by atoms with van der Waals surface area (Å²) in [6, 6.07) is 10.7. The lowest BCUT2D eigenvalue weighted by atomic mass is 10.0. The topological polar surface area (TPSA) is 49.3 Å². The van der Waals surface area contributed by atoms with E-state index in [1.165, 1.54) is 5.56 Å². The molecule has 0 bridgehead atoms. The van der Waals surface area contributed by atoms with Crippen molar-refractivity contribution >= 4 is 5.91 Å². The van der Waals surface area contributed by atoms with E-state index in [0.29, 0.717) is 5.56 Å². The Balaban J connectivity index is 1.76. The van der Waals surface area contributed by atoms with Gasteiger partial charge in [-0.1, -0.05) is 44.2 Å². The zero-order chi connectivity index (χ0) is 19.2. The second-order valence-corrected chi connectivity index (χ2v) is 7.75. The Labute approximate surface area is 162 Å². The molecule has 1 aromatic carbocycles. The first-order valence-electron chi connectivity index (χ1n) is 9.90. The standard InChI is InChI=1S/C22H30N4O/c1-17(2)21-23-15-19(16-24-21)22(27)26(20-10-12-25(3)13-11-20)14-9-18-7-5-4-6-8-18/h4-8,15-17,20H,9-14H2,1-3H3. The van der Waals surface area contributed by atoms with Crippen molar-refractivity contribution in [2.24, 2.45) is 0 Å². The van der Waals surface area contributed by atoms with Crippen molar-refractivity contribution in [1.29, 1.82) is 0 Å². The van der Waals surface area contributed by atoms with Crippen LogP contribution in [-0.2, 0) is 6.42 Å². The number of amides is 1. The van der Waals surface area contributed by atoms with E-state index in [0.717, 1.165) is 44.7 Å². The summed E-state index contributed by atoms with van der Waals surface area (Å²) in [5.41, 5.74) is 1.85. The van der Waals surface area contributed by atoms with E-state index in [-0.39, 0.29) is 17.9 Å². The van der Waals surface area contributed by atoms with E-state index in [2.05, 4.69) is 60.0 Å². The van der Waals surface area contributed by atoms with Crippen molar-refractivity contribution in [2.45, 2.75) is 45.1 Å². The van der Waals surface area contributed by atoms with Gasteiger partial charge in [0.25, 0.3) is 5.91 Å². The number of hydrogen-bond acceptors (Lipinski definition) is 4. The number of benzene rings is 1. The summed E-state index contributed by atoms with van der Waals surface area (Å²) >= 11 is 0. The molecule has 1 saturated heterocycles. The molecule has 1 aromatic heterocycles. The fourth-order valence-electron chi connectivity index (χ4n) is 3.56. The van der Waals surface area contributed by atoms with E-state index in [9.17, 15) is 4.79 Å².